The Morgan fingerprint density at radius 1 is 1.03 bits per heavy atom. The standard InChI is InChI=1S/C25H23N3O3/c1-15-6-8-19(13-24(15)30)26-14-22-21-12-18(7-9-23(21)28-25(22)31)10-17-4-3-5-20(11-17)27-16(2)29/h3-9,11-14,26,30H,10H2,1-2H3,(H,27,29)(H,28,31)/b22-14+. The molecule has 1 heterocycles. The zero-order valence-corrected chi connectivity index (χ0v) is 17.3. The van der Waals surface area contributed by atoms with E-state index in [-0.39, 0.29) is 17.6 Å². The number of amides is 2. The van der Waals surface area contributed by atoms with E-state index in [1.807, 2.05) is 61.5 Å². The third-order valence-corrected chi connectivity index (χ3v) is 5.11. The van der Waals surface area contributed by atoms with Crippen LogP contribution in [0.3, 0.4) is 0 Å². The quantitative estimate of drug-likeness (QED) is 0.458. The number of nitrogens with one attached hydrogen (secondary N) is 3. The van der Waals surface area contributed by atoms with Gasteiger partial charge in [-0.1, -0.05) is 24.3 Å². The van der Waals surface area contributed by atoms with Crippen LogP contribution in [0, 0.1) is 6.92 Å². The number of aryl methyl sites for hydroxylation is 1. The molecule has 0 aromatic heterocycles. The molecule has 0 fully saturated rings. The number of carbonyl (C=O) groups excluding carboxylic acids is 2. The summed E-state index contributed by atoms with van der Waals surface area (Å²) < 4.78 is 0. The second-order valence-electron chi connectivity index (χ2n) is 7.60. The van der Waals surface area contributed by atoms with E-state index in [0.717, 1.165) is 33.6 Å². The van der Waals surface area contributed by atoms with Crippen LogP contribution < -0.4 is 16.0 Å². The average Bonchev–Trinajstić information content (AvgIpc) is 3.03. The van der Waals surface area contributed by atoms with Crippen LogP contribution in [-0.2, 0) is 16.0 Å². The maximum atomic E-state index is 12.5. The Labute approximate surface area is 180 Å². The molecule has 4 rings (SSSR count). The van der Waals surface area contributed by atoms with Gasteiger partial charge in [0, 0.05) is 41.8 Å². The van der Waals surface area contributed by atoms with E-state index in [0.29, 0.717) is 17.7 Å². The van der Waals surface area contributed by atoms with E-state index < -0.39 is 0 Å². The first kappa shape index (κ1) is 20.2. The summed E-state index contributed by atoms with van der Waals surface area (Å²) >= 11 is 0. The second kappa shape index (κ2) is 8.36. The Bertz CT molecular complexity index is 1210. The Kier molecular flexibility index (Phi) is 5.45. The third kappa shape index (κ3) is 4.59. The highest BCUT2D eigenvalue weighted by molar-refractivity contribution is 6.31. The van der Waals surface area contributed by atoms with Crippen molar-refractivity contribution in [2.45, 2.75) is 20.3 Å². The third-order valence-electron chi connectivity index (χ3n) is 5.11. The number of carbonyl (C=O) groups is 2. The molecular weight excluding hydrogens is 390 g/mol. The average molecular weight is 413 g/mol. The molecule has 3 aromatic carbocycles. The van der Waals surface area contributed by atoms with Gasteiger partial charge in [-0.2, -0.15) is 0 Å². The van der Waals surface area contributed by atoms with Crippen LogP contribution in [0.5, 0.6) is 5.75 Å². The fourth-order valence-electron chi connectivity index (χ4n) is 3.54. The van der Waals surface area contributed by atoms with Crippen molar-refractivity contribution < 1.29 is 14.7 Å². The molecular formula is C25H23N3O3. The molecule has 0 unspecified atom stereocenters. The van der Waals surface area contributed by atoms with Gasteiger partial charge in [0.05, 0.1) is 5.57 Å². The SMILES string of the molecule is CC(=O)Nc1cccc(Cc2ccc3c(c2)/C(=C\Nc2ccc(C)c(O)c2)C(=O)N3)c1. The van der Waals surface area contributed by atoms with Gasteiger partial charge in [-0.25, -0.2) is 0 Å². The zero-order valence-electron chi connectivity index (χ0n) is 17.3. The maximum Gasteiger partial charge on any atom is 0.257 e. The van der Waals surface area contributed by atoms with E-state index in [2.05, 4.69) is 16.0 Å². The lowest BCUT2D eigenvalue weighted by Crippen LogP contribution is -2.05. The number of phenolic OH excluding ortho intramolecular Hbond substituents is 1. The van der Waals surface area contributed by atoms with Crippen molar-refractivity contribution in [3.05, 3.63) is 89.1 Å². The predicted molar refractivity (Wildman–Crippen MR) is 123 cm³/mol. The largest absolute Gasteiger partial charge is 0.508 e. The van der Waals surface area contributed by atoms with Crippen molar-refractivity contribution in [1.29, 1.82) is 0 Å². The van der Waals surface area contributed by atoms with Crippen LogP contribution in [0.1, 0.15) is 29.2 Å². The summed E-state index contributed by atoms with van der Waals surface area (Å²) in [5.74, 6) is -0.0875. The minimum atomic E-state index is -0.177. The first-order valence-corrected chi connectivity index (χ1v) is 9.96. The number of benzene rings is 3. The van der Waals surface area contributed by atoms with Crippen LogP contribution in [-0.4, -0.2) is 16.9 Å². The van der Waals surface area contributed by atoms with E-state index in [9.17, 15) is 14.7 Å². The normalized spacial score (nSPS) is 13.6. The molecule has 4 N–H and O–H groups in total. The maximum absolute atomic E-state index is 12.5. The van der Waals surface area contributed by atoms with E-state index in [1.54, 1.807) is 12.3 Å². The molecule has 0 radical (unpaired) electrons. The molecule has 156 valence electrons. The summed E-state index contributed by atoms with van der Waals surface area (Å²) in [6, 6.07) is 18.9. The fraction of sp³-hybridized carbons (Fsp3) is 0.120. The summed E-state index contributed by atoms with van der Waals surface area (Å²) in [6.07, 6.45) is 2.33. The van der Waals surface area contributed by atoms with E-state index in [4.69, 9.17) is 0 Å². The summed E-state index contributed by atoms with van der Waals surface area (Å²) in [6.45, 7) is 3.31. The van der Waals surface area contributed by atoms with Gasteiger partial charge in [-0.3, -0.25) is 9.59 Å². The fourth-order valence-corrected chi connectivity index (χ4v) is 3.54. The Morgan fingerprint density at radius 2 is 1.84 bits per heavy atom. The Morgan fingerprint density at radius 3 is 2.61 bits per heavy atom. The molecule has 0 aliphatic carbocycles. The van der Waals surface area contributed by atoms with E-state index in [1.165, 1.54) is 6.92 Å². The number of fused-ring (bicyclic) bond motifs is 1. The molecule has 0 saturated carbocycles. The molecule has 3 aromatic rings. The number of phenols is 1. The first-order valence-electron chi connectivity index (χ1n) is 9.96. The van der Waals surface area contributed by atoms with Crippen LogP contribution in [0.2, 0.25) is 0 Å². The van der Waals surface area contributed by atoms with Crippen LogP contribution in [0.4, 0.5) is 17.1 Å². The van der Waals surface area contributed by atoms with Crippen molar-refractivity contribution in [2.24, 2.45) is 0 Å². The van der Waals surface area contributed by atoms with Gasteiger partial charge >= 0.3 is 0 Å². The predicted octanol–water partition coefficient (Wildman–Crippen LogP) is 4.65. The number of hydrogen-bond donors (Lipinski definition) is 4. The van der Waals surface area contributed by atoms with Crippen molar-refractivity contribution in [3.8, 4) is 5.75 Å². The number of aromatic hydroxyl groups is 1. The monoisotopic (exact) mass is 413 g/mol. The van der Waals surface area contributed by atoms with Gasteiger partial charge in [0.1, 0.15) is 5.75 Å². The molecule has 6 nitrogen and oxygen atoms in total. The van der Waals surface area contributed by atoms with Crippen molar-refractivity contribution in [2.75, 3.05) is 16.0 Å². The first-order chi connectivity index (χ1) is 14.9. The highest BCUT2D eigenvalue weighted by Crippen LogP contribution is 2.33. The molecule has 6 heteroatoms. The molecule has 1 aliphatic rings. The topological polar surface area (TPSA) is 90.5 Å². The van der Waals surface area contributed by atoms with Crippen LogP contribution in [0.25, 0.3) is 5.57 Å². The van der Waals surface area contributed by atoms with Gasteiger partial charge in [-0.15, -0.1) is 0 Å². The lowest BCUT2D eigenvalue weighted by molar-refractivity contribution is -0.114. The Hall–Kier alpha value is -4.06. The molecule has 0 spiro atoms. The van der Waals surface area contributed by atoms with Gasteiger partial charge < -0.3 is 21.1 Å². The number of rotatable bonds is 5. The number of hydrogen-bond acceptors (Lipinski definition) is 4. The molecule has 2 amide bonds. The highest BCUT2D eigenvalue weighted by atomic mass is 16.3. The lowest BCUT2D eigenvalue weighted by Gasteiger charge is -2.08. The van der Waals surface area contributed by atoms with Crippen molar-refractivity contribution >= 4 is 34.4 Å². The van der Waals surface area contributed by atoms with Crippen LogP contribution >= 0.6 is 0 Å². The van der Waals surface area contributed by atoms with Crippen molar-refractivity contribution in [3.63, 3.8) is 0 Å². The minimum Gasteiger partial charge on any atom is -0.508 e. The van der Waals surface area contributed by atoms with Gasteiger partial charge in [0.2, 0.25) is 5.91 Å². The second-order valence-corrected chi connectivity index (χ2v) is 7.60. The van der Waals surface area contributed by atoms with Crippen LogP contribution in [0.15, 0.2) is 66.9 Å². The molecule has 0 atom stereocenters. The molecule has 0 saturated heterocycles. The summed E-state index contributed by atoms with van der Waals surface area (Å²) in [7, 11) is 0. The van der Waals surface area contributed by atoms with Gasteiger partial charge in [0.25, 0.3) is 5.91 Å². The van der Waals surface area contributed by atoms with Gasteiger partial charge in [-0.05, 0) is 60.4 Å². The number of anilines is 3. The molecule has 0 bridgehead atoms. The van der Waals surface area contributed by atoms with Crippen molar-refractivity contribution in [1.82, 2.24) is 0 Å². The molecule has 1 aliphatic heterocycles. The highest BCUT2D eigenvalue weighted by Gasteiger charge is 2.24. The zero-order chi connectivity index (χ0) is 22.0. The minimum absolute atomic E-state index is 0.108. The summed E-state index contributed by atoms with van der Waals surface area (Å²) in [5.41, 5.74) is 6.47. The Balaban J connectivity index is 1.57. The summed E-state index contributed by atoms with van der Waals surface area (Å²) in [5, 5.41) is 18.7. The smallest absolute Gasteiger partial charge is 0.257 e. The molecule has 31 heavy (non-hydrogen) atoms. The lowest BCUT2D eigenvalue weighted by atomic mass is 9.99. The van der Waals surface area contributed by atoms with E-state index >= 15 is 0 Å². The van der Waals surface area contributed by atoms with Gasteiger partial charge in [0.15, 0.2) is 0 Å². The summed E-state index contributed by atoms with van der Waals surface area (Å²) in [4.78, 5) is 23.8.